The van der Waals surface area contributed by atoms with E-state index in [2.05, 4.69) is 19.9 Å². The Bertz CT molecular complexity index is 1020. The van der Waals surface area contributed by atoms with Crippen LogP contribution in [0.2, 0.25) is 0 Å². The fraction of sp³-hybridized carbons (Fsp3) is 0.710. The molecule has 3 unspecified atom stereocenters. The summed E-state index contributed by atoms with van der Waals surface area (Å²) in [5.41, 5.74) is 1.78. The molecule has 0 aromatic heterocycles. The lowest BCUT2D eigenvalue weighted by Gasteiger charge is -2.59. The molecular weight excluding hydrogens is 452 g/mol. The summed E-state index contributed by atoms with van der Waals surface area (Å²) in [5, 5.41) is 11.4. The predicted molar refractivity (Wildman–Crippen MR) is 139 cm³/mol. The summed E-state index contributed by atoms with van der Waals surface area (Å²) in [4.78, 5) is 12.8. The van der Waals surface area contributed by atoms with Crippen LogP contribution in [0.5, 0.6) is 5.75 Å². The van der Waals surface area contributed by atoms with Gasteiger partial charge in [0.2, 0.25) is 0 Å². The first-order valence-corrected chi connectivity index (χ1v) is 13.9. The highest BCUT2D eigenvalue weighted by atomic mass is 16.6. The molecule has 3 fully saturated rings. The average Bonchev–Trinajstić information content (AvgIpc) is 3.18. The molecule has 5 rings (SSSR count). The lowest BCUT2D eigenvalue weighted by atomic mass is 9.46. The Hall–Kier alpha value is -1.69. The van der Waals surface area contributed by atoms with E-state index in [4.69, 9.17) is 14.2 Å². The molecule has 0 heterocycles. The first kappa shape index (κ1) is 25.9. The topological polar surface area (TPSA) is 65.0 Å². The fourth-order valence-electron chi connectivity index (χ4n) is 8.86. The Morgan fingerprint density at radius 3 is 2.44 bits per heavy atom. The van der Waals surface area contributed by atoms with Crippen LogP contribution in [0.15, 0.2) is 35.9 Å². The number of hydrogen-bond donors (Lipinski definition) is 1. The minimum absolute atomic E-state index is 0.0906. The van der Waals surface area contributed by atoms with Crippen molar-refractivity contribution < 1.29 is 24.1 Å². The van der Waals surface area contributed by atoms with Crippen LogP contribution in [0.4, 0.5) is 0 Å². The number of allylic oxidation sites excluding steroid dienone is 1. The van der Waals surface area contributed by atoms with Gasteiger partial charge < -0.3 is 19.3 Å². The van der Waals surface area contributed by atoms with Gasteiger partial charge in [0, 0.05) is 25.4 Å². The Balaban J connectivity index is 1.31. The maximum absolute atomic E-state index is 12.8. The van der Waals surface area contributed by atoms with Crippen LogP contribution in [0.25, 0.3) is 0 Å². The summed E-state index contributed by atoms with van der Waals surface area (Å²) in [7, 11) is 1.73. The molecule has 3 saturated carbocycles. The molecule has 0 spiro atoms. The number of ketones is 1. The number of carbonyl (C=O) groups excluding carboxylic acids is 1. The van der Waals surface area contributed by atoms with Crippen molar-refractivity contribution in [3.63, 3.8) is 0 Å². The third-order valence-corrected chi connectivity index (χ3v) is 10.9. The van der Waals surface area contributed by atoms with Crippen molar-refractivity contribution in [1.82, 2.24) is 0 Å². The van der Waals surface area contributed by atoms with Gasteiger partial charge in [-0.3, -0.25) is 4.79 Å². The minimum Gasteiger partial charge on any atom is -0.494 e. The average molecular weight is 497 g/mol. The van der Waals surface area contributed by atoms with E-state index in [1.54, 1.807) is 14.0 Å². The van der Waals surface area contributed by atoms with Crippen molar-refractivity contribution in [2.45, 2.75) is 97.1 Å². The molecular formula is C31H44O5. The van der Waals surface area contributed by atoms with E-state index in [1.807, 2.05) is 31.2 Å². The molecule has 1 aromatic carbocycles. The second-order valence-corrected chi connectivity index (χ2v) is 12.3. The minimum atomic E-state index is -1.12. The number of benzene rings is 1. The molecule has 0 radical (unpaired) electrons. The monoisotopic (exact) mass is 496 g/mol. The molecule has 4 aliphatic rings. The zero-order valence-corrected chi connectivity index (χ0v) is 22.8. The van der Waals surface area contributed by atoms with Gasteiger partial charge >= 0.3 is 0 Å². The van der Waals surface area contributed by atoms with Crippen LogP contribution in [-0.4, -0.2) is 36.0 Å². The first-order valence-electron chi connectivity index (χ1n) is 13.9. The molecule has 0 amide bonds. The van der Waals surface area contributed by atoms with E-state index in [9.17, 15) is 9.90 Å². The zero-order chi connectivity index (χ0) is 25.8. The van der Waals surface area contributed by atoms with Crippen molar-refractivity contribution >= 4 is 5.78 Å². The normalized spacial score (nSPS) is 41.6. The van der Waals surface area contributed by atoms with Crippen LogP contribution in [0, 0.1) is 28.6 Å². The number of ether oxygens (including phenoxy) is 3. The summed E-state index contributed by atoms with van der Waals surface area (Å²) in [6.07, 6.45) is 9.68. The highest BCUT2D eigenvalue weighted by Crippen LogP contribution is 2.68. The Kier molecular flexibility index (Phi) is 6.67. The first-order chi connectivity index (χ1) is 17.1. The van der Waals surface area contributed by atoms with E-state index >= 15 is 0 Å². The van der Waals surface area contributed by atoms with Gasteiger partial charge in [-0.15, -0.1) is 0 Å². The quantitative estimate of drug-likeness (QED) is 0.358. The van der Waals surface area contributed by atoms with Gasteiger partial charge in [0.15, 0.2) is 11.6 Å². The molecule has 5 heteroatoms. The van der Waals surface area contributed by atoms with E-state index in [0.717, 1.165) is 49.8 Å². The molecule has 198 valence electrons. The lowest BCUT2D eigenvalue weighted by molar-refractivity contribution is -0.232. The van der Waals surface area contributed by atoms with Crippen LogP contribution >= 0.6 is 0 Å². The molecule has 0 bridgehead atoms. The Morgan fingerprint density at radius 1 is 1.06 bits per heavy atom. The summed E-state index contributed by atoms with van der Waals surface area (Å²) in [5.74, 6) is 1.60. The number of fused-ring (bicyclic) bond motifs is 5. The Labute approximate surface area is 216 Å². The number of hydrogen-bond acceptors (Lipinski definition) is 5. The van der Waals surface area contributed by atoms with Gasteiger partial charge in [-0.25, -0.2) is 0 Å². The standard InChI is InChI=1S/C31H44O5/c1-6-35-24-10-7-22(8-11-24)20-36-30(33)18-17-28(3)23(19-30)9-12-25-26(28)13-15-29(4)27(25)14-16-31(29,34-5)21(2)32/h7-11,25-27,33H,6,12-20H2,1-5H3/t25?,26?,27?,28-,29-,30-,31+/m0/s1. The van der Waals surface area contributed by atoms with Crippen LogP contribution in [0.3, 0.4) is 0 Å². The van der Waals surface area contributed by atoms with Gasteiger partial charge in [0.25, 0.3) is 0 Å². The number of Topliss-reactive ketones (excluding diaryl/α,β-unsaturated/α-hetero) is 1. The van der Waals surface area contributed by atoms with E-state index in [0.29, 0.717) is 43.8 Å². The fourth-order valence-corrected chi connectivity index (χ4v) is 8.86. The third-order valence-electron chi connectivity index (χ3n) is 10.9. The largest absolute Gasteiger partial charge is 0.494 e. The van der Waals surface area contributed by atoms with Gasteiger partial charge in [0.05, 0.1) is 13.2 Å². The summed E-state index contributed by atoms with van der Waals surface area (Å²) < 4.78 is 17.7. The number of aliphatic hydroxyl groups is 1. The van der Waals surface area contributed by atoms with Gasteiger partial charge in [-0.2, -0.15) is 0 Å². The predicted octanol–water partition coefficient (Wildman–Crippen LogP) is 6.23. The van der Waals surface area contributed by atoms with E-state index < -0.39 is 11.4 Å². The SMILES string of the molecule is CCOc1ccc(CO[C@@]2(O)CC[C@@]3(C)C(=CCC4C3CC[C@@]3(C)C4CC[C@@]3(OC)C(C)=O)C2)cc1. The molecule has 0 aliphatic heterocycles. The molecule has 1 N–H and O–H groups in total. The number of rotatable bonds is 7. The van der Waals surface area contributed by atoms with Gasteiger partial charge in [-0.1, -0.05) is 37.6 Å². The summed E-state index contributed by atoms with van der Waals surface area (Å²) in [6.45, 7) is 9.48. The third kappa shape index (κ3) is 3.88. The molecule has 5 nitrogen and oxygen atoms in total. The summed E-state index contributed by atoms with van der Waals surface area (Å²) in [6, 6.07) is 7.93. The van der Waals surface area contributed by atoms with Crippen molar-refractivity contribution in [2.75, 3.05) is 13.7 Å². The molecule has 7 atom stereocenters. The van der Waals surface area contributed by atoms with E-state index in [-0.39, 0.29) is 16.6 Å². The van der Waals surface area contributed by atoms with Gasteiger partial charge in [-0.05, 0) is 93.2 Å². The number of methoxy groups -OCH3 is 1. The second-order valence-electron chi connectivity index (χ2n) is 12.3. The van der Waals surface area contributed by atoms with Crippen molar-refractivity contribution in [1.29, 1.82) is 0 Å². The van der Waals surface area contributed by atoms with Crippen molar-refractivity contribution in [2.24, 2.45) is 28.6 Å². The molecule has 1 aromatic rings. The number of carbonyl (C=O) groups is 1. The highest BCUT2D eigenvalue weighted by Gasteiger charge is 2.66. The van der Waals surface area contributed by atoms with Crippen LogP contribution in [-0.2, 0) is 20.9 Å². The maximum Gasteiger partial charge on any atom is 0.169 e. The highest BCUT2D eigenvalue weighted by molar-refractivity contribution is 5.86. The molecule has 4 aliphatic carbocycles. The van der Waals surface area contributed by atoms with Gasteiger partial charge in [0.1, 0.15) is 11.4 Å². The smallest absolute Gasteiger partial charge is 0.169 e. The van der Waals surface area contributed by atoms with Crippen molar-refractivity contribution in [3.05, 3.63) is 41.5 Å². The van der Waals surface area contributed by atoms with Crippen molar-refractivity contribution in [3.8, 4) is 5.75 Å². The lowest BCUT2D eigenvalue weighted by Crippen LogP contribution is -2.58. The maximum atomic E-state index is 12.8. The second kappa shape index (κ2) is 9.25. The molecule has 0 saturated heterocycles. The van der Waals surface area contributed by atoms with E-state index in [1.165, 1.54) is 5.57 Å². The Morgan fingerprint density at radius 2 is 1.78 bits per heavy atom. The van der Waals surface area contributed by atoms with Crippen LogP contribution < -0.4 is 4.74 Å². The molecule has 36 heavy (non-hydrogen) atoms. The zero-order valence-electron chi connectivity index (χ0n) is 22.8. The van der Waals surface area contributed by atoms with Crippen LogP contribution in [0.1, 0.15) is 84.6 Å². The summed E-state index contributed by atoms with van der Waals surface area (Å²) >= 11 is 0.